The molecule has 0 amide bonds. The third kappa shape index (κ3) is 3.71. The number of aliphatic hydroxyl groups excluding tert-OH is 1. The summed E-state index contributed by atoms with van der Waals surface area (Å²) in [6, 6.07) is 4.94. The second-order valence-electron chi connectivity index (χ2n) is 5.57. The van der Waals surface area contributed by atoms with Crippen LogP contribution in [0.3, 0.4) is 0 Å². The van der Waals surface area contributed by atoms with Crippen LogP contribution >= 0.6 is 0 Å². The van der Waals surface area contributed by atoms with Gasteiger partial charge < -0.3 is 10.8 Å². The Labute approximate surface area is 120 Å². The molecule has 0 radical (unpaired) electrons. The molecule has 6 heteroatoms. The van der Waals surface area contributed by atoms with Gasteiger partial charge in [0.2, 0.25) is 10.0 Å². The largest absolute Gasteiger partial charge is 0.398 e. The molecule has 0 bridgehead atoms. The summed E-state index contributed by atoms with van der Waals surface area (Å²) in [5, 5.41) is 9.44. The zero-order valence-electron chi connectivity index (χ0n) is 11.7. The first-order chi connectivity index (χ1) is 9.38. The van der Waals surface area contributed by atoms with Crippen molar-refractivity contribution in [1.82, 2.24) is 4.72 Å². The molecule has 0 spiro atoms. The first-order valence-electron chi connectivity index (χ1n) is 6.92. The Kier molecular flexibility index (Phi) is 4.67. The lowest BCUT2D eigenvalue weighted by atomic mass is 9.88. The van der Waals surface area contributed by atoms with Crippen molar-refractivity contribution in [3.05, 3.63) is 23.8 Å². The van der Waals surface area contributed by atoms with Gasteiger partial charge in [-0.15, -0.1) is 0 Å². The number of nitrogens with one attached hydrogen (secondary N) is 1. The maximum atomic E-state index is 12.2. The van der Waals surface area contributed by atoms with Gasteiger partial charge >= 0.3 is 0 Å². The minimum atomic E-state index is -3.56. The van der Waals surface area contributed by atoms with Gasteiger partial charge in [-0.1, -0.05) is 6.07 Å². The highest BCUT2D eigenvalue weighted by molar-refractivity contribution is 7.89. The van der Waals surface area contributed by atoms with Gasteiger partial charge in [0, 0.05) is 6.54 Å². The van der Waals surface area contributed by atoms with E-state index in [1.54, 1.807) is 12.1 Å². The molecule has 1 aliphatic rings. The predicted octanol–water partition coefficient (Wildman–Crippen LogP) is 1.41. The number of anilines is 1. The molecule has 4 N–H and O–H groups in total. The van der Waals surface area contributed by atoms with Crippen LogP contribution in [0.5, 0.6) is 0 Å². The summed E-state index contributed by atoms with van der Waals surface area (Å²) in [7, 11) is -3.56. The van der Waals surface area contributed by atoms with Gasteiger partial charge in [0.25, 0.3) is 0 Å². The van der Waals surface area contributed by atoms with Gasteiger partial charge in [-0.3, -0.25) is 0 Å². The summed E-state index contributed by atoms with van der Waals surface area (Å²) < 4.78 is 27.1. The molecule has 20 heavy (non-hydrogen) atoms. The van der Waals surface area contributed by atoms with Crippen molar-refractivity contribution in [2.75, 3.05) is 12.3 Å². The molecule has 0 unspecified atom stereocenters. The highest BCUT2D eigenvalue weighted by Crippen LogP contribution is 2.25. The molecular formula is C14H22N2O3S. The first-order valence-corrected chi connectivity index (χ1v) is 8.40. The van der Waals surface area contributed by atoms with E-state index in [2.05, 4.69) is 4.72 Å². The Hall–Kier alpha value is -1.11. The molecule has 1 fully saturated rings. The van der Waals surface area contributed by atoms with Gasteiger partial charge in [-0.2, -0.15) is 0 Å². The van der Waals surface area contributed by atoms with Crippen LogP contribution in [0, 0.1) is 12.8 Å². The third-order valence-electron chi connectivity index (χ3n) is 3.83. The van der Waals surface area contributed by atoms with E-state index in [-0.39, 0.29) is 16.7 Å². The van der Waals surface area contributed by atoms with Gasteiger partial charge in [0.1, 0.15) is 4.90 Å². The van der Waals surface area contributed by atoms with Crippen LogP contribution in [-0.2, 0) is 10.0 Å². The van der Waals surface area contributed by atoms with E-state index >= 15 is 0 Å². The summed E-state index contributed by atoms with van der Waals surface area (Å²) in [5.74, 6) is 0.292. The third-order valence-corrected chi connectivity index (χ3v) is 5.33. The molecule has 0 atom stereocenters. The fourth-order valence-electron chi connectivity index (χ4n) is 2.57. The Morgan fingerprint density at radius 2 is 1.95 bits per heavy atom. The number of nitrogen functional groups attached to an aromatic ring is 1. The van der Waals surface area contributed by atoms with Crippen LogP contribution in [-0.4, -0.2) is 26.2 Å². The number of nitrogens with two attached hydrogens (primary N) is 1. The van der Waals surface area contributed by atoms with Crippen molar-refractivity contribution >= 4 is 15.7 Å². The summed E-state index contributed by atoms with van der Waals surface area (Å²) in [6.07, 6.45) is 2.98. The van der Waals surface area contributed by atoms with Crippen LogP contribution < -0.4 is 10.5 Å². The van der Waals surface area contributed by atoms with Crippen LogP contribution in [0.4, 0.5) is 5.69 Å². The molecule has 112 valence electrons. The first kappa shape index (κ1) is 15.3. The normalized spacial score (nSPS) is 23.7. The van der Waals surface area contributed by atoms with Crippen molar-refractivity contribution in [3.8, 4) is 0 Å². The lowest BCUT2D eigenvalue weighted by Gasteiger charge is -2.25. The zero-order chi connectivity index (χ0) is 14.8. The summed E-state index contributed by atoms with van der Waals surface area (Å²) in [4.78, 5) is 0.138. The number of hydrogen-bond acceptors (Lipinski definition) is 4. The van der Waals surface area contributed by atoms with E-state index in [1.165, 1.54) is 6.07 Å². The van der Waals surface area contributed by atoms with Crippen molar-refractivity contribution in [2.45, 2.75) is 43.6 Å². The van der Waals surface area contributed by atoms with Crippen molar-refractivity contribution in [2.24, 2.45) is 5.92 Å². The van der Waals surface area contributed by atoms with Gasteiger partial charge in [0.05, 0.1) is 11.8 Å². The van der Waals surface area contributed by atoms with E-state index in [9.17, 15) is 13.5 Å². The zero-order valence-corrected chi connectivity index (χ0v) is 12.5. The summed E-state index contributed by atoms with van der Waals surface area (Å²) in [6.45, 7) is 2.27. The fraction of sp³-hybridized carbons (Fsp3) is 0.571. The van der Waals surface area contributed by atoms with E-state index in [0.717, 1.165) is 31.2 Å². The molecule has 5 nitrogen and oxygen atoms in total. The monoisotopic (exact) mass is 298 g/mol. The van der Waals surface area contributed by atoms with E-state index in [0.29, 0.717) is 12.5 Å². The number of aryl methyl sites for hydroxylation is 1. The second-order valence-corrected chi connectivity index (χ2v) is 7.30. The van der Waals surface area contributed by atoms with E-state index in [4.69, 9.17) is 5.73 Å². The minimum absolute atomic E-state index is 0.138. The molecule has 0 heterocycles. The Bertz CT molecular complexity index is 564. The van der Waals surface area contributed by atoms with E-state index < -0.39 is 10.0 Å². The second kappa shape index (κ2) is 6.11. The number of hydrogen-bond donors (Lipinski definition) is 3. The lowest BCUT2D eigenvalue weighted by Crippen LogP contribution is -2.32. The molecule has 2 rings (SSSR count). The quantitative estimate of drug-likeness (QED) is 0.733. The predicted molar refractivity (Wildman–Crippen MR) is 78.7 cm³/mol. The average molecular weight is 298 g/mol. The molecule has 0 aliphatic heterocycles. The van der Waals surface area contributed by atoms with Crippen LogP contribution in [0.25, 0.3) is 0 Å². The van der Waals surface area contributed by atoms with Crippen LogP contribution in [0.1, 0.15) is 31.2 Å². The lowest BCUT2D eigenvalue weighted by molar-refractivity contribution is 0.110. The summed E-state index contributed by atoms with van der Waals surface area (Å²) in [5.41, 5.74) is 6.99. The Balaban J connectivity index is 2.00. The number of rotatable bonds is 4. The van der Waals surface area contributed by atoms with Gasteiger partial charge in [-0.05, 0) is 56.2 Å². The molecule has 1 aliphatic carbocycles. The maximum Gasteiger partial charge on any atom is 0.242 e. The minimum Gasteiger partial charge on any atom is -0.398 e. The number of sulfonamides is 1. The Morgan fingerprint density at radius 3 is 2.55 bits per heavy atom. The highest BCUT2D eigenvalue weighted by atomic mass is 32.2. The van der Waals surface area contributed by atoms with E-state index in [1.807, 2.05) is 6.92 Å². The van der Waals surface area contributed by atoms with Crippen molar-refractivity contribution in [1.29, 1.82) is 0 Å². The average Bonchev–Trinajstić information content (AvgIpc) is 2.37. The maximum absolute atomic E-state index is 12.2. The molecule has 1 saturated carbocycles. The topological polar surface area (TPSA) is 92.4 Å². The van der Waals surface area contributed by atoms with Gasteiger partial charge in [-0.25, -0.2) is 13.1 Å². The highest BCUT2D eigenvalue weighted by Gasteiger charge is 2.23. The van der Waals surface area contributed by atoms with Crippen molar-refractivity contribution in [3.63, 3.8) is 0 Å². The van der Waals surface area contributed by atoms with Gasteiger partial charge in [0.15, 0.2) is 0 Å². The smallest absolute Gasteiger partial charge is 0.242 e. The Morgan fingerprint density at radius 1 is 1.30 bits per heavy atom. The van der Waals surface area contributed by atoms with Crippen LogP contribution in [0.15, 0.2) is 23.1 Å². The molecule has 0 aromatic heterocycles. The summed E-state index contributed by atoms with van der Waals surface area (Å²) >= 11 is 0. The van der Waals surface area contributed by atoms with Crippen LogP contribution in [0.2, 0.25) is 0 Å². The molecule has 1 aromatic rings. The molecule has 0 saturated heterocycles. The molecule has 1 aromatic carbocycles. The number of benzene rings is 1. The SMILES string of the molecule is Cc1ccc(S(=O)(=O)NCC2CCC(O)CC2)c(N)c1. The van der Waals surface area contributed by atoms with Crippen molar-refractivity contribution < 1.29 is 13.5 Å². The fourth-order valence-corrected chi connectivity index (χ4v) is 3.79. The standard InChI is InChI=1S/C14H22N2O3S/c1-10-2-7-14(13(15)8-10)20(18,19)16-9-11-3-5-12(17)6-4-11/h2,7-8,11-12,16-17H,3-6,9,15H2,1H3. The molecular weight excluding hydrogens is 276 g/mol. The number of aliphatic hydroxyl groups is 1.